The zero-order chi connectivity index (χ0) is 17.2. The molecule has 3 nitrogen and oxygen atoms in total. The molecule has 0 radical (unpaired) electrons. The maximum Gasteiger partial charge on any atom is 0.162 e. The second kappa shape index (κ2) is 6.54. The number of nitrogens with zero attached hydrogens (tertiary/aromatic N) is 2. The monoisotopic (exact) mass is 345 g/mol. The van der Waals surface area contributed by atoms with Gasteiger partial charge in [0.05, 0.1) is 5.52 Å². The molecule has 3 aromatic carbocycles. The predicted octanol–water partition coefficient (Wildman–Crippen LogP) is 6.00. The van der Waals surface area contributed by atoms with Crippen LogP contribution in [0.5, 0.6) is 0 Å². The smallest absolute Gasteiger partial charge is 0.162 e. The Balaban J connectivity index is 1.85. The van der Waals surface area contributed by atoms with E-state index in [0.29, 0.717) is 10.8 Å². The lowest BCUT2D eigenvalue weighted by atomic mass is 10.1. The van der Waals surface area contributed by atoms with Gasteiger partial charge in [0.1, 0.15) is 5.82 Å². The summed E-state index contributed by atoms with van der Waals surface area (Å²) in [6.45, 7) is 2.07. The van der Waals surface area contributed by atoms with Crippen LogP contribution in [0.3, 0.4) is 0 Å². The number of aryl methyl sites for hydroxylation is 1. The molecule has 25 heavy (non-hydrogen) atoms. The summed E-state index contributed by atoms with van der Waals surface area (Å²) < 4.78 is 0. The van der Waals surface area contributed by atoms with Crippen LogP contribution in [0.2, 0.25) is 5.02 Å². The number of para-hydroxylation sites is 1. The lowest BCUT2D eigenvalue weighted by Gasteiger charge is -2.11. The SMILES string of the molecule is Cc1cccc(Nc2nc(-c3ccc(Cl)cc3)nc3ccccc23)c1. The van der Waals surface area contributed by atoms with Crippen LogP contribution in [0.25, 0.3) is 22.3 Å². The Labute approximate surface area is 151 Å². The molecule has 0 aliphatic carbocycles. The Morgan fingerprint density at radius 3 is 2.44 bits per heavy atom. The summed E-state index contributed by atoms with van der Waals surface area (Å²) in [5.41, 5.74) is 4.03. The molecule has 1 heterocycles. The number of halogens is 1. The van der Waals surface area contributed by atoms with Crippen molar-refractivity contribution in [1.29, 1.82) is 0 Å². The molecule has 1 aromatic heterocycles. The van der Waals surface area contributed by atoms with Gasteiger partial charge < -0.3 is 5.32 Å². The van der Waals surface area contributed by atoms with Gasteiger partial charge >= 0.3 is 0 Å². The fraction of sp³-hybridized carbons (Fsp3) is 0.0476. The highest BCUT2D eigenvalue weighted by Gasteiger charge is 2.09. The van der Waals surface area contributed by atoms with Crippen molar-refractivity contribution in [3.8, 4) is 11.4 Å². The Morgan fingerprint density at radius 1 is 0.840 bits per heavy atom. The summed E-state index contributed by atoms with van der Waals surface area (Å²) >= 11 is 5.99. The molecule has 4 heteroatoms. The Kier molecular flexibility index (Phi) is 4.08. The van der Waals surface area contributed by atoms with Crippen LogP contribution in [0.4, 0.5) is 11.5 Å². The second-order valence-electron chi connectivity index (χ2n) is 5.91. The number of anilines is 2. The summed E-state index contributed by atoms with van der Waals surface area (Å²) in [5, 5.41) is 5.12. The van der Waals surface area contributed by atoms with Crippen molar-refractivity contribution in [3.63, 3.8) is 0 Å². The third kappa shape index (κ3) is 3.32. The van der Waals surface area contributed by atoms with Crippen molar-refractivity contribution < 1.29 is 0 Å². The summed E-state index contributed by atoms with van der Waals surface area (Å²) in [4.78, 5) is 9.46. The Hall–Kier alpha value is -2.91. The minimum Gasteiger partial charge on any atom is -0.340 e. The molecule has 0 atom stereocenters. The lowest BCUT2D eigenvalue weighted by Crippen LogP contribution is -1.99. The predicted molar refractivity (Wildman–Crippen MR) is 104 cm³/mol. The van der Waals surface area contributed by atoms with Gasteiger partial charge in [-0.1, -0.05) is 35.9 Å². The summed E-state index contributed by atoms with van der Waals surface area (Å²) in [5.74, 6) is 1.46. The molecule has 0 aliphatic rings. The zero-order valence-electron chi connectivity index (χ0n) is 13.7. The fourth-order valence-corrected chi connectivity index (χ4v) is 2.89. The molecule has 122 valence electrons. The number of benzene rings is 3. The lowest BCUT2D eigenvalue weighted by molar-refractivity contribution is 1.22. The van der Waals surface area contributed by atoms with Gasteiger partial charge in [0, 0.05) is 21.7 Å². The molecule has 0 bridgehead atoms. The number of hydrogen-bond acceptors (Lipinski definition) is 3. The van der Waals surface area contributed by atoms with E-state index in [1.165, 1.54) is 5.56 Å². The van der Waals surface area contributed by atoms with Crippen LogP contribution < -0.4 is 5.32 Å². The molecule has 0 saturated heterocycles. The van der Waals surface area contributed by atoms with Crippen molar-refractivity contribution in [2.45, 2.75) is 6.92 Å². The van der Waals surface area contributed by atoms with Crippen LogP contribution in [0.1, 0.15) is 5.56 Å². The van der Waals surface area contributed by atoms with Crippen molar-refractivity contribution in [3.05, 3.63) is 83.4 Å². The largest absolute Gasteiger partial charge is 0.340 e. The van der Waals surface area contributed by atoms with E-state index in [0.717, 1.165) is 28.0 Å². The number of nitrogens with one attached hydrogen (secondary N) is 1. The molecule has 0 fully saturated rings. The standard InChI is InChI=1S/C21H16ClN3/c1-14-5-4-6-17(13-14)23-21-18-7-2-3-8-19(18)24-20(25-21)15-9-11-16(22)12-10-15/h2-13H,1H3,(H,23,24,25). The van der Waals surface area contributed by atoms with Crippen LogP contribution in [0.15, 0.2) is 72.8 Å². The van der Waals surface area contributed by atoms with Gasteiger partial charge in [0.25, 0.3) is 0 Å². The first-order valence-electron chi connectivity index (χ1n) is 8.05. The van der Waals surface area contributed by atoms with Gasteiger partial charge in [-0.3, -0.25) is 0 Å². The average molecular weight is 346 g/mol. The highest BCUT2D eigenvalue weighted by atomic mass is 35.5. The van der Waals surface area contributed by atoms with Gasteiger partial charge in [0.2, 0.25) is 0 Å². The molecule has 0 unspecified atom stereocenters. The molecular formula is C21H16ClN3. The van der Waals surface area contributed by atoms with Gasteiger partial charge in [-0.2, -0.15) is 0 Å². The molecule has 0 spiro atoms. The first kappa shape index (κ1) is 15.6. The number of aromatic nitrogens is 2. The number of hydrogen-bond donors (Lipinski definition) is 1. The molecule has 0 aliphatic heterocycles. The van der Waals surface area contributed by atoms with E-state index in [2.05, 4.69) is 24.4 Å². The van der Waals surface area contributed by atoms with Crippen molar-refractivity contribution >= 4 is 34.0 Å². The van der Waals surface area contributed by atoms with E-state index in [9.17, 15) is 0 Å². The molecule has 4 aromatic rings. The van der Waals surface area contributed by atoms with E-state index >= 15 is 0 Å². The quantitative estimate of drug-likeness (QED) is 0.494. The summed E-state index contributed by atoms with van der Waals surface area (Å²) in [6.07, 6.45) is 0. The minimum atomic E-state index is 0.672. The van der Waals surface area contributed by atoms with Crippen LogP contribution in [-0.2, 0) is 0 Å². The minimum absolute atomic E-state index is 0.672. The van der Waals surface area contributed by atoms with E-state index in [1.807, 2.05) is 60.7 Å². The first-order chi connectivity index (χ1) is 12.2. The van der Waals surface area contributed by atoms with Crippen LogP contribution in [0, 0.1) is 6.92 Å². The third-order valence-corrected chi connectivity index (χ3v) is 4.24. The summed E-state index contributed by atoms with van der Waals surface area (Å²) in [6, 6.07) is 23.8. The zero-order valence-corrected chi connectivity index (χ0v) is 14.5. The molecule has 1 N–H and O–H groups in total. The second-order valence-corrected chi connectivity index (χ2v) is 6.35. The normalized spacial score (nSPS) is 10.8. The molecular weight excluding hydrogens is 330 g/mol. The molecule has 0 amide bonds. The fourth-order valence-electron chi connectivity index (χ4n) is 2.76. The highest BCUT2D eigenvalue weighted by molar-refractivity contribution is 6.30. The first-order valence-corrected chi connectivity index (χ1v) is 8.43. The van der Waals surface area contributed by atoms with Crippen LogP contribution in [-0.4, -0.2) is 9.97 Å². The average Bonchev–Trinajstić information content (AvgIpc) is 2.62. The van der Waals surface area contributed by atoms with E-state index in [-0.39, 0.29) is 0 Å². The Morgan fingerprint density at radius 2 is 1.64 bits per heavy atom. The maximum absolute atomic E-state index is 5.99. The van der Waals surface area contributed by atoms with E-state index < -0.39 is 0 Å². The number of fused-ring (bicyclic) bond motifs is 1. The van der Waals surface area contributed by atoms with Crippen molar-refractivity contribution in [2.75, 3.05) is 5.32 Å². The van der Waals surface area contributed by atoms with Gasteiger partial charge in [0.15, 0.2) is 5.82 Å². The maximum atomic E-state index is 5.99. The highest BCUT2D eigenvalue weighted by Crippen LogP contribution is 2.28. The Bertz CT molecular complexity index is 1040. The molecule has 4 rings (SSSR count). The van der Waals surface area contributed by atoms with E-state index in [1.54, 1.807) is 0 Å². The summed E-state index contributed by atoms with van der Waals surface area (Å²) in [7, 11) is 0. The number of rotatable bonds is 3. The van der Waals surface area contributed by atoms with Gasteiger partial charge in [-0.25, -0.2) is 9.97 Å². The third-order valence-electron chi connectivity index (χ3n) is 3.99. The van der Waals surface area contributed by atoms with Crippen molar-refractivity contribution in [1.82, 2.24) is 9.97 Å². The molecule has 0 saturated carbocycles. The van der Waals surface area contributed by atoms with E-state index in [4.69, 9.17) is 21.6 Å². The van der Waals surface area contributed by atoms with Crippen LogP contribution >= 0.6 is 11.6 Å². The van der Waals surface area contributed by atoms with Gasteiger partial charge in [-0.15, -0.1) is 0 Å². The topological polar surface area (TPSA) is 37.8 Å². The van der Waals surface area contributed by atoms with Crippen molar-refractivity contribution in [2.24, 2.45) is 0 Å². The van der Waals surface area contributed by atoms with Gasteiger partial charge in [-0.05, 0) is 61.0 Å².